The van der Waals surface area contributed by atoms with E-state index in [4.69, 9.17) is 4.74 Å². The number of esters is 1. The summed E-state index contributed by atoms with van der Waals surface area (Å²) in [5.41, 5.74) is 1.39. The van der Waals surface area contributed by atoms with Crippen LogP contribution < -0.4 is 10.5 Å². The lowest BCUT2D eigenvalue weighted by molar-refractivity contribution is -0.920. The van der Waals surface area contributed by atoms with E-state index in [1.54, 1.807) is 12.1 Å². The summed E-state index contributed by atoms with van der Waals surface area (Å²) in [5.74, 6) is 0.215. The first kappa shape index (κ1) is 19.7. The van der Waals surface area contributed by atoms with Crippen LogP contribution in [0.2, 0.25) is 0 Å². The van der Waals surface area contributed by atoms with Gasteiger partial charge in [-0.2, -0.15) is 0 Å². The van der Waals surface area contributed by atoms with Gasteiger partial charge in [-0.1, -0.05) is 12.1 Å². The zero-order valence-electron chi connectivity index (χ0n) is 16.2. The number of carbonyl (C=O) groups excluding carboxylic acids is 1. The molecule has 0 spiro atoms. The topological polar surface area (TPSA) is 76.5 Å². The summed E-state index contributed by atoms with van der Waals surface area (Å²) in [6.07, 6.45) is 1.57. The number of quaternary nitrogens is 1. The van der Waals surface area contributed by atoms with Crippen LogP contribution in [0.1, 0.15) is 25.6 Å². The van der Waals surface area contributed by atoms with Crippen LogP contribution in [0, 0.1) is 11.7 Å². The summed E-state index contributed by atoms with van der Waals surface area (Å²) in [4.78, 5) is 34.2. The highest BCUT2D eigenvalue weighted by atomic mass is 32.1. The molecule has 0 atom stereocenters. The molecule has 4 rings (SSSR count). The monoisotopic (exact) mass is 416 g/mol. The highest BCUT2D eigenvalue weighted by molar-refractivity contribution is 7.17. The molecule has 2 N–H and O–H groups in total. The zero-order chi connectivity index (χ0) is 20.4. The predicted octanol–water partition coefficient (Wildman–Crippen LogP) is 2.15. The van der Waals surface area contributed by atoms with Gasteiger partial charge in [0.15, 0.2) is 5.82 Å². The predicted molar refractivity (Wildman–Crippen MR) is 109 cm³/mol. The van der Waals surface area contributed by atoms with Crippen molar-refractivity contribution >= 4 is 27.5 Å². The molecule has 0 saturated carbocycles. The molecule has 1 aliphatic rings. The number of hydrogen-bond donors (Lipinski definition) is 2. The van der Waals surface area contributed by atoms with E-state index in [-0.39, 0.29) is 23.3 Å². The number of nitrogens with zero attached hydrogens (tertiary/aromatic N) is 1. The molecular weight excluding hydrogens is 393 g/mol. The molecule has 1 aromatic carbocycles. The summed E-state index contributed by atoms with van der Waals surface area (Å²) in [5, 5.41) is 2.43. The summed E-state index contributed by atoms with van der Waals surface area (Å²) in [6.45, 7) is 4.54. The van der Waals surface area contributed by atoms with Gasteiger partial charge < -0.3 is 14.6 Å². The summed E-state index contributed by atoms with van der Waals surface area (Å²) < 4.78 is 18.3. The van der Waals surface area contributed by atoms with Crippen molar-refractivity contribution < 1.29 is 18.8 Å². The summed E-state index contributed by atoms with van der Waals surface area (Å²) in [6, 6.07) is 6.11. The number of nitrogens with one attached hydrogen (secondary N) is 2. The van der Waals surface area contributed by atoms with Crippen molar-refractivity contribution in [2.75, 3.05) is 19.7 Å². The molecule has 8 heteroatoms. The van der Waals surface area contributed by atoms with Crippen molar-refractivity contribution in [3.63, 3.8) is 0 Å². The Bertz CT molecular complexity index is 1070. The number of carbonyl (C=O) groups is 1. The van der Waals surface area contributed by atoms with Gasteiger partial charge in [0.2, 0.25) is 0 Å². The Morgan fingerprint density at radius 2 is 2.03 bits per heavy atom. The minimum absolute atomic E-state index is 0.0243. The highest BCUT2D eigenvalue weighted by Gasteiger charge is 2.29. The third-order valence-corrected chi connectivity index (χ3v) is 6.25. The molecule has 0 aliphatic carbocycles. The van der Waals surface area contributed by atoms with E-state index < -0.39 is 0 Å². The van der Waals surface area contributed by atoms with E-state index in [1.807, 2.05) is 12.3 Å². The maximum atomic E-state index is 13.2. The van der Waals surface area contributed by atoms with Crippen LogP contribution in [0.4, 0.5) is 4.39 Å². The maximum absolute atomic E-state index is 13.2. The number of benzene rings is 1. The Labute approximate surface area is 171 Å². The lowest BCUT2D eigenvalue weighted by Crippen LogP contribution is -3.12. The number of hydrogen-bond acceptors (Lipinski definition) is 5. The molecule has 0 amide bonds. The van der Waals surface area contributed by atoms with Crippen molar-refractivity contribution in [2.24, 2.45) is 5.92 Å². The average Bonchev–Trinajstić information content (AvgIpc) is 3.14. The SMILES string of the molecule is CCOC(=O)C1CC[NH+](Cc2nc3scc(-c4ccc(F)cc4)c3c(=O)[nH]2)CC1. The first-order valence-corrected chi connectivity index (χ1v) is 10.7. The standard InChI is InChI=1S/C21H22FN3O3S/c1-2-28-21(27)14-7-9-25(10-8-14)11-17-23-19(26)18-16(12-29-20(18)24-17)13-3-5-15(22)6-4-13/h3-6,12,14H,2,7-11H2,1H3,(H,23,24,26)/p+1. The number of H-pyrrole nitrogens is 1. The van der Waals surface area contributed by atoms with Crippen LogP contribution in [-0.2, 0) is 16.1 Å². The summed E-state index contributed by atoms with van der Waals surface area (Å²) >= 11 is 1.42. The molecule has 1 saturated heterocycles. The largest absolute Gasteiger partial charge is 0.466 e. The van der Waals surface area contributed by atoms with E-state index in [1.165, 1.54) is 28.4 Å². The van der Waals surface area contributed by atoms with Crippen molar-refractivity contribution in [1.82, 2.24) is 9.97 Å². The number of halogens is 1. The quantitative estimate of drug-likeness (QED) is 0.625. The molecule has 6 nitrogen and oxygen atoms in total. The number of rotatable bonds is 5. The third kappa shape index (κ3) is 4.23. The van der Waals surface area contributed by atoms with Crippen LogP contribution in [0.5, 0.6) is 0 Å². The van der Waals surface area contributed by atoms with E-state index in [2.05, 4.69) is 9.97 Å². The highest BCUT2D eigenvalue weighted by Crippen LogP contribution is 2.30. The van der Waals surface area contributed by atoms with Crippen LogP contribution in [0.15, 0.2) is 34.4 Å². The number of aromatic nitrogens is 2. The molecule has 1 fully saturated rings. The van der Waals surface area contributed by atoms with Gasteiger partial charge in [0.05, 0.1) is 31.0 Å². The zero-order valence-corrected chi connectivity index (χ0v) is 17.0. The Morgan fingerprint density at radius 1 is 1.31 bits per heavy atom. The van der Waals surface area contributed by atoms with Gasteiger partial charge in [0.1, 0.15) is 17.2 Å². The molecule has 3 aromatic rings. The minimum Gasteiger partial charge on any atom is -0.466 e. The molecule has 0 unspecified atom stereocenters. The number of thiophene rings is 1. The Morgan fingerprint density at radius 3 is 2.72 bits per heavy atom. The number of ether oxygens (including phenoxy) is 1. The van der Waals surface area contributed by atoms with Gasteiger partial charge in [-0.05, 0) is 24.6 Å². The smallest absolute Gasteiger partial charge is 0.309 e. The van der Waals surface area contributed by atoms with E-state index in [9.17, 15) is 14.0 Å². The Kier molecular flexibility index (Phi) is 5.73. The second kappa shape index (κ2) is 8.42. The molecule has 29 heavy (non-hydrogen) atoms. The number of aromatic amines is 1. The lowest BCUT2D eigenvalue weighted by Gasteiger charge is -2.27. The molecule has 3 heterocycles. The van der Waals surface area contributed by atoms with E-state index in [0.717, 1.165) is 37.1 Å². The molecular formula is C21H23FN3O3S+. The maximum Gasteiger partial charge on any atom is 0.309 e. The molecule has 0 bridgehead atoms. The van der Waals surface area contributed by atoms with Gasteiger partial charge in [-0.25, -0.2) is 9.37 Å². The minimum atomic E-state index is -0.308. The second-order valence-corrected chi connectivity index (χ2v) is 8.16. The van der Waals surface area contributed by atoms with Crippen LogP contribution in [0.3, 0.4) is 0 Å². The van der Waals surface area contributed by atoms with Crippen LogP contribution in [0.25, 0.3) is 21.3 Å². The first-order chi connectivity index (χ1) is 14.0. The molecule has 0 radical (unpaired) electrons. The fraction of sp³-hybridized carbons (Fsp3) is 0.381. The Balaban J connectivity index is 1.50. The lowest BCUT2D eigenvalue weighted by atomic mass is 9.97. The third-order valence-electron chi connectivity index (χ3n) is 5.38. The van der Waals surface area contributed by atoms with Crippen molar-refractivity contribution in [3.05, 3.63) is 51.6 Å². The van der Waals surface area contributed by atoms with E-state index >= 15 is 0 Å². The average molecular weight is 416 g/mol. The van der Waals surface area contributed by atoms with Crippen molar-refractivity contribution in [1.29, 1.82) is 0 Å². The summed E-state index contributed by atoms with van der Waals surface area (Å²) in [7, 11) is 0. The van der Waals surface area contributed by atoms with Gasteiger partial charge in [-0.15, -0.1) is 11.3 Å². The normalized spacial score (nSPS) is 19.4. The number of fused-ring (bicyclic) bond motifs is 1. The van der Waals surface area contributed by atoms with Gasteiger partial charge in [0.25, 0.3) is 5.56 Å². The van der Waals surface area contributed by atoms with Crippen LogP contribution >= 0.6 is 11.3 Å². The van der Waals surface area contributed by atoms with Crippen LogP contribution in [-0.4, -0.2) is 35.6 Å². The fourth-order valence-electron chi connectivity index (χ4n) is 3.85. The van der Waals surface area contributed by atoms with Gasteiger partial charge >= 0.3 is 5.97 Å². The van der Waals surface area contributed by atoms with Gasteiger partial charge in [0, 0.05) is 23.8 Å². The molecule has 152 valence electrons. The Hall–Kier alpha value is -2.58. The molecule has 1 aliphatic heterocycles. The van der Waals surface area contributed by atoms with Gasteiger partial charge in [-0.3, -0.25) is 9.59 Å². The van der Waals surface area contributed by atoms with Crippen molar-refractivity contribution in [2.45, 2.75) is 26.3 Å². The molecule has 2 aromatic heterocycles. The van der Waals surface area contributed by atoms with Crippen molar-refractivity contribution in [3.8, 4) is 11.1 Å². The second-order valence-electron chi connectivity index (χ2n) is 7.30. The number of piperidine rings is 1. The first-order valence-electron chi connectivity index (χ1n) is 9.81. The fourth-order valence-corrected chi connectivity index (χ4v) is 4.82. The number of likely N-dealkylation sites (tertiary alicyclic amines) is 1. The van der Waals surface area contributed by atoms with E-state index in [0.29, 0.717) is 29.2 Å².